The van der Waals surface area contributed by atoms with Crippen LogP contribution in [0.25, 0.3) is 11.1 Å². The Balaban J connectivity index is 1.87. The van der Waals surface area contributed by atoms with Gasteiger partial charge in [-0.3, -0.25) is 0 Å². The van der Waals surface area contributed by atoms with Crippen molar-refractivity contribution in [3.63, 3.8) is 0 Å². The monoisotopic (exact) mass is 410 g/mol. The van der Waals surface area contributed by atoms with Gasteiger partial charge in [0.25, 0.3) is 0 Å². The van der Waals surface area contributed by atoms with Gasteiger partial charge in [-0.15, -0.1) is 0 Å². The van der Waals surface area contributed by atoms with Crippen LogP contribution in [0.5, 0.6) is 0 Å². The molecule has 0 aliphatic heterocycles. The Morgan fingerprint density at radius 2 is 1.09 bits per heavy atom. The molecule has 1 heteroatoms. The van der Waals surface area contributed by atoms with Crippen LogP contribution >= 0.6 is 0 Å². The van der Waals surface area contributed by atoms with E-state index >= 15 is 0 Å². The SMILES string of the molecule is CB=C(C)c1cccc2c1-c1ccccc1C21c2ccccc2C(C)(C)c2ccccc21. The van der Waals surface area contributed by atoms with Gasteiger partial charge in [0, 0.05) is 0 Å². The Hall–Kier alpha value is -3.19. The summed E-state index contributed by atoms with van der Waals surface area (Å²) in [5.74, 6) is 0. The second kappa shape index (κ2) is 6.66. The van der Waals surface area contributed by atoms with E-state index in [1.165, 1.54) is 55.5 Å². The van der Waals surface area contributed by atoms with Gasteiger partial charge in [-0.25, -0.2) is 0 Å². The zero-order valence-corrected chi connectivity index (χ0v) is 19.2. The van der Waals surface area contributed by atoms with Crippen molar-refractivity contribution < 1.29 is 0 Å². The number of hydrogen-bond donors (Lipinski definition) is 0. The minimum absolute atomic E-state index is 0.0486. The summed E-state index contributed by atoms with van der Waals surface area (Å²) in [4.78, 5) is 0. The molecule has 0 bridgehead atoms. The second-order valence-corrected chi connectivity index (χ2v) is 9.71. The maximum atomic E-state index is 2.37. The van der Waals surface area contributed by atoms with Crippen molar-refractivity contribution in [2.24, 2.45) is 0 Å². The molecule has 6 rings (SSSR count). The van der Waals surface area contributed by atoms with Gasteiger partial charge in [0.05, 0.1) is 0 Å². The molecule has 0 fully saturated rings. The summed E-state index contributed by atoms with van der Waals surface area (Å²) in [5, 5.41) is 0. The van der Waals surface area contributed by atoms with E-state index in [1.807, 2.05) is 0 Å². The van der Waals surface area contributed by atoms with Crippen LogP contribution in [-0.4, -0.2) is 12.4 Å². The van der Waals surface area contributed by atoms with Gasteiger partial charge in [-0.05, 0) is 0 Å². The van der Waals surface area contributed by atoms with E-state index in [0.717, 1.165) is 0 Å². The fourth-order valence-corrected chi connectivity index (χ4v) is 6.39. The average Bonchev–Trinajstić information content (AvgIpc) is 3.14. The molecule has 0 aromatic heterocycles. The van der Waals surface area contributed by atoms with Crippen molar-refractivity contribution in [1.29, 1.82) is 0 Å². The third-order valence-corrected chi connectivity index (χ3v) is 7.94. The van der Waals surface area contributed by atoms with Crippen molar-refractivity contribution >= 4 is 12.4 Å². The van der Waals surface area contributed by atoms with Crippen molar-refractivity contribution in [1.82, 2.24) is 0 Å². The molecule has 1 spiro atoms. The van der Waals surface area contributed by atoms with Crippen LogP contribution < -0.4 is 0 Å². The van der Waals surface area contributed by atoms with E-state index in [2.05, 4.69) is 126 Å². The number of fused-ring (bicyclic) bond motifs is 9. The first-order valence-electron chi connectivity index (χ1n) is 11.6. The molecule has 0 nitrogen and oxygen atoms in total. The molecule has 154 valence electrons. The van der Waals surface area contributed by atoms with Crippen LogP contribution in [0, 0.1) is 0 Å². The van der Waals surface area contributed by atoms with Gasteiger partial charge >= 0.3 is 192 Å². The Morgan fingerprint density at radius 3 is 1.69 bits per heavy atom. The zero-order valence-electron chi connectivity index (χ0n) is 19.2. The predicted molar refractivity (Wildman–Crippen MR) is 137 cm³/mol. The van der Waals surface area contributed by atoms with E-state index < -0.39 is 0 Å². The van der Waals surface area contributed by atoms with Crippen LogP contribution in [-0.2, 0) is 10.8 Å². The van der Waals surface area contributed by atoms with Crippen LogP contribution in [0.4, 0.5) is 0 Å². The molecule has 2 aliphatic carbocycles. The Morgan fingerprint density at radius 1 is 0.594 bits per heavy atom. The van der Waals surface area contributed by atoms with E-state index in [1.54, 1.807) is 0 Å². The summed E-state index contributed by atoms with van der Waals surface area (Å²) >= 11 is 0. The van der Waals surface area contributed by atoms with E-state index in [-0.39, 0.29) is 10.8 Å². The van der Waals surface area contributed by atoms with Gasteiger partial charge in [-0.2, -0.15) is 0 Å². The topological polar surface area (TPSA) is 0 Å². The summed E-state index contributed by atoms with van der Waals surface area (Å²) in [6.45, 7) is 11.3. The number of hydrogen-bond acceptors (Lipinski definition) is 0. The van der Waals surface area contributed by atoms with Crippen molar-refractivity contribution in [2.75, 3.05) is 0 Å². The summed E-state index contributed by atoms with van der Waals surface area (Å²) in [7, 11) is 0. The zero-order chi connectivity index (χ0) is 22.1. The molecule has 0 saturated carbocycles. The van der Waals surface area contributed by atoms with Crippen LogP contribution in [0.2, 0.25) is 6.82 Å². The fraction of sp³-hybridized carbons (Fsp3) is 0.194. The van der Waals surface area contributed by atoms with Gasteiger partial charge < -0.3 is 0 Å². The van der Waals surface area contributed by atoms with Gasteiger partial charge in [-0.1, -0.05) is 0 Å². The van der Waals surface area contributed by atoms with E-state index in [0.29, 0.717) is 0 Å². The molecule has 0 N–H and O–H groups in total. The summed E-state index contributed by atoms with van der Waals surface area (Å²) in [6.07, 6.45) is 0. The molecule has 0 radical (unpaired) electrons. The third-order valence-electron chi connectivity index (χ3n) is 7.94. The molecule has 4 aromatic carbocycles. The number of rotatable bonds is 1. The van der Waals surface area contributed by atoms with Crippen LogP contribution in [0.3, 0.4) is 0 Å². The fourth-order valence-electron chi connectivity index (χ4n) is 6.39. The molecule has 0 amide bonds. The van der Waals surface area contributed by atoms with Gasteiger partial charge in [0.1, 0.15) is 0 Å². The molecular weight excluding hydrogens is 383 g/mol. The molecule has 0 atom stereocenters. The quantitative estimate of drug-likeness (QED) is 0.262. The van der Waals surface area contributed by atoms with Crippen LogP contribution in [0.15, 0.2) is 91.0 Å². The van der Waals surface area contributed by atoms with E-state index in [9.17, 15) is 0 Å². The molecule has 2 aliphatic rings. The third kappa shape index (κ3) is 2.22. The Kier molecular flexibility index (Phi) is 4.06. The maximum absolute atomic E-state index is 2.37. The summed E-state index contributed by atoms with van der Waals surface area (Å²) in [6, 6.07) is 34.2. The van der Waals surface area contributed by atoms with Gasteiger partial charge in [0.2, 0.25) is 0 Å². The first-order chi connectivity index (χ1) is 15.5. The van der Waals surface area contributed by atoms with E-state index in [4.69, 9.17) is 0 Å². The first kappa shape index (κ1) is 19.5. The summed E-state index contributed by atoms with van der Waals surface area (Å²) in [5.41, 5.74) is 13.6. The molecular formula is C31H27B. The molecule has 32 heavy (non-hydrogen) atoms. The summed E-state index contributed by atoms with van der Waals surface area (Å²) < 4.78 is 0. The van der Waals surface area contributed by atoms with Crippen molar-refractivity contribution in [3.05, 3.63) is 130 Å². The van der Waals surface area contributed by atoms with Crippen molar-refractivity contribution in [3.8, 4) is 11.1 Å². The predicted octanol–water partition coefficient (Wildman–Crippen LogP) is 6.98. The minimum atomic E-state index is -0.293. The van der Waals surface area contributed by atoms with Crippen molar-refractivity contribution in [2.45, 2.75) is 38.4 Å². The molecule has 0 heterocycles. The molecule has 0 saturated heterocycles. The second-order valence-electron chi connectivity index (χ2n) is 9.71. The first-order valence-corrected chi connectivity index (χ1v) is 11.6. The molecule has 4 aromatic rings. The molecule has 0 unspecified atom stereocenters. The van der Waals surface area contributed by atoms with Crippen LogP contribution in [0.1, 0.15) is 59.7 Å². The Labute approximate surface area is 191 Å². The Bertz CT molecular complexity index is 1370. The number of benzene rings is 4. The average molecular weight is 410 g/mol. The standard InChI is InChI=1S/C31H27B/c1-20(32-4)21-13-11-19-28-29(21)22-12-5-6-14-23(22)31(28)26-17-9-7-15-24(26)30(2,3)25-16-8-10-18-27(25)31/h5-19H,1-4H3. The normalized spacial score (nSPS) is 16.6. The van der Waals surface area contributed by atoms with Gasteiger partial charge in [0.15, 0.2) is 0 Å².